The van der Waals surface area contributed by atoms with E-state index in [-0.39, 0.29) is 18.6 Å². The van der Waals surface area contributed by atoms with Crippen molar-refractivity contribution >= 4 is 5.78 Å². The molecule has 0 radical (unpaired) electrons. The Bertz CT molecular complexity index is 854. The Morgan fingerprint density at radius 1 is 1.18 bits per heavy atom. The van der Waals surface area contributed by atoms with Crippen molar-refractivity contribution < 1.29 is 29.2 Å². The Balaban J connectivity index is 2.13. The molecule has 1 heterocycles. The lowest BCUT2D eigenvalue weighted by molar-refractivity contribution is -0.0474. The molecule has 0 bridgehead atoms. The minimum Gasteiger partial charge on any atom is -0.496 e. The van der Waals surface area contributed by atoms with Crippen molar-refractivity contribution in [3.63, 3.8) is 0 Å². The van der Waals surface area contributed by atoms with Crippen LogP contribution in [0.5, 0.6) is 17.2 Å². The van der Waals surface area contributed by atoms with Crippen LogP contribution in [0.3, 0.4) is 0 Å². The molecule has 1 aliphatic heterocycles. The molecule has 0 saturated heterocycles. The maximum absolute atomic E-state index is 13.0. The SMILES string of the molecule is COc1cc(OC)c2c(c1C[C@H](O)C(C)(C)O)O[C@H](c1ccccc1)CC2=O. The topological polar surface area (TPSA) is 85.2 Å². The predicted molar refractivity (Wildman–Crippen MR) is 104 cm³/mol. The van der Waals surface area contributed by atoms with Crippen LogP contribution in [-0.2, 0) is 6.42 Å². The Morgan fingerprint density at radius 3 is 2.39 bits per heavy atom. The van der Waals surface area contributed by atoms with Gasteiger partial charge in [-0.2, -0.15) is 0 Å². The molecule has 0 saturated carbocycles. The first kappa shape index (κ1) is 20.2. The molecule has 0 fully saturated rings. The third kappa shape index (κ3) is 3.84. The number of hydrogen-bond donors (Lipinski definition) is 2. The minimum absolute atomic E-state index is 0.0633. The Morgan fingerprint density at radius 2 is 1.82 bits per heavy atom. The van der Waals surface area contributed by atoms with E-state index in [1.807, 2.05) is 30.3 Å². The summed E-state index contributed by atoms with van der Waals surface area (Å²) in [4.78, 5) is 13.0. The zero-order valence-electron chi connectivity index (χ0n) is 16.6. The maximum Gasteiger partial charge on any atom is 0.174 e. The number of fused-ring (bicyclic) bond motifs is 1. The van der Waals surface area contributed by atoms with Crippen LogP contribution < -0.4 is 14.2 Å². The van der Waals surface area contributed by atoms with Gasteiger partial charge in [-0.3, -0.25) is 4.79 Å². The molecular formula is C22H26O6. The van der Waals surface area contributed by atoms with Gasteiger partial charge >= 0.3 is 0 Å². The lowest BCUT2D eigenvalue weighted by atomic mass is 9.89. The second kappa shape index (κ2) is 7.81. The molecule has 2 aromatic carbocycles. The number of carbonyl (C=O) groups excluding carboxylic acids is 1. The van der Waals surface area contributed by atoms with Gasteiger partial charge < -0.3 is 24.4 Å². The van der Waals surface area contributed by atoms with E-state index in [2.05, 4.69) is 0 Å². The monoisotopic (exact) mass is 386 g/mol. The lowest BCUT2D eigenvalue weighted by Crippen LogP contribution is -2.37. The van der Waals surface area contributed by atoms with Gasteiger partial charge in [0, 0.05) is 18.1 Å². The van der Waals surface area contributed by atoms with Crippen LogP contribution in [0.1, 0.15) is 47.9 Å². The van der Waals surface area contributed by atoms with E-state index in [1.54, 1.807) is 6.07 Å². The van der Waals surface area contributed by atoms with Gasteiger partial charge in [0.15, 0.2) is 5.78 Å². The summed E-state index contributed by atoms with van der Waals surface area (Å²) in [6.45, 7) is 3.05. The standard InChI is InChI=1S/C22H26O6/c1-22(2,25)19(24)10-14-17(26-3)12-18(27-4)20-15(23)11-16(28-21(14)20)13-8-6-5-7-9-13/h5-9,12,16,19,24-25H,10-11H2,1-4H3/t16-,19-/m0/s1. The smallest absolute Gasteiger partial charge is 0.174 e. The summed E-state index contributed by atoms with van der Waals surface area (Å²) in [6.07, 6.45) is -1.27. The van der Waals surface area contributed by atoms with Gasteiger partial charge in [0.1, 0.15) is 28.9 Å². The number of Topliss-reactive ketones (excluding diaryl/α,β-unsaturated/α-hetero) is 1. The quantitative estimate of drug-likeness (QED) is 0.794. The molecule has 0 aromatic heterocycles. The summed E-state index contributed by atoms with van der Waals surface area (Å²) >= 11 is 0. The molecule has 0 spiro atoms. The molecule has 3 rings (SSSR count). The van der Waals surface area contributed by atoms with Crippen LogP contribution in [0.15, 0.2) is 36.4 Å². The predicted octanol–water partition coefficient (Wildman–Crippen LogP) is 3.08. The number of aliphatic hydroxyl groups excluding tert-OH is 1. The highest BCUT2D eigenvalue weighted by Gasteiger charge is 2.36. The third-order valence-electron chi connectivity index (χ3n) is 5.04. The van der Waals surface area contributed by atoms with Crippen LogP contribution in [0.4, 0.5) is 0 Å². The molecule has 6 heteroatoms. The van der Waals surface area contributed by atoms with Crippen molar-refractivity contribution in [3.05, 3.63) is 53.1 Å². The average Bonchev–Trinajstić information content (AvgIpc) is 2.67. The van der Waals surface area contributed by atoms with Crippen molar-refractivity contribution in [3.8, 4) is 17.2 Å². The molecular weight excluding hydrogens is 360 g/mol. The van der Waals surface area contributed by atoms with E-state index < -0.39 is 17.8 Å². The summed E-state index contributed by atoms with van der Waals surface area (Å²) in [5, 5.41) is 20.6. The molecule has 0 amide bonds. The fourth-order valence-electron chi connectivity index (χ4n) is 3.33. The summed E-state index contributed by atoms with van der Waals surface area (Å²) in [6, 6.07) is 11.1. The number of hydrogen-bond acceptors (Lipinski definition) is 6. The van der Waals surface area contributed by atoms with E-state index in [9.17, 15) is 15.0 Å². The molecule has 0 aliphatic carbocycles. The van der Waals surface area contributed by atoms with Crippen molar-refractivity contribution in [2.24, 2.45) is 0 Å². The highest BCUT2D eigenvalue weighted by molar-refractivity contribution is 6.03. The Labute approximate surface area is 164 Å². The fraction of sp³-hybridized carbons (Fsp3) is 0.409. The van der Waals surface area contributed by atoms with Crippen molar-refractivity contribution in [2.75, 3.05) is 14.2 Å². The number of ether oxygens (including phenoxy) is 3. The van der Waals surface area contributed by atoms with Crippen molar-refractivity contribution in [1.82, 2.24) is 0 Å². The number of ketones is 1. The zero-order chi connectivity index (χ0) is 20.5. The van der Waals surface area contributed by atoms with Gasteiger partial charge in [0.05, 0.1) is 32.3 Å². The molecule has 2 atom stereocenters. The van der Waals surface area contributed by atoms with E-state index in [4.69, 9.17) is 14.2 Å². The highest BCUT2D eigenvalue weighted by atomic mass is 16.5. The normalized spacial score (nSPS) is 17.5. The van der Waals surface area contributed by atoms with Gasteiger partial charge in [0.2, 0.25) is 0 Å². The van der Waals surface area contributed by atoms with Crippen molar-refractivity contribution in [1.29, 1.82) is 0 Å². The van der Waals surface area contributed by atoms with Crippen LogP contribution in [0.25, 0.3) is 0 Å². The first-order valence-electron chi connectivity index (χ1n) is 9.19. The van der Waals surface area contributed by atoms with Crippen LogP contribution in [0.2, 0.25) is 0 Å². The number of rotatable bonds is 6. The van der Waals surface area contributed by atoms with Gasteiger partial charge in [-0.25, -0.2) is 0 Å². The van der Waals surface area contributed by atoms with Gasteiger partial charge in [-0.1, -0.05) is 30.3 Å². The van der Waals surface area contributed by atoms with Gasteiger partial charge in [-0.15, -0.1) is 0 Å². The summed E-state index contributed by atoms with van der Waals surface area (Å²) < 4.78 is 17.1. The molecule has 6 nitrogen and oxygen atoms in total. The van der Waals surface area contributed by atoms with Gasteiger partial charge in [0.25, 0.3) is 0 Å². The summed E-state index contributed by atoms with van der Waals surface area (Å²) in [5.41, 5.74) is 0.433. The first-order chi connectivity index (χ1) is 13.3. The van der Waals surface area contributed by atoms with Crippen LogP contribution in [-0.4, -0.2) is 41.9 Å². The average molecular weight is 386 g/mol. The largest absolute Gasteiger partial charge is 0.496 e. The summed E-state index contributed by atoms with van der Waals surface area (Å²) in [7, 11) is 2.98. The van der Waals surface area contributed by atoms with Crippen LogP contribution in [0, 0.1) is 0 Å². The second-order valence-electron chi connectivity index (χ2n) is 7.48. The molecule has 2 N–H and O–H groups in total. The number of aliphatic hydroxyl groups is 2. The molecule has 150 valence electrons. The lowest BCUT2D eigenvalue weighted by Gasteiger charge is -2.31. The summed E-state index contributed by atoms with van der Waals surface area (Å²) in [5.74, 6) is 1.03. The number of carbonyl (C=O) groups is 1. The molecule has 2 aromatic rings. The maximum atomic E-state index is 13.0. The number of benzene rings is 2. The third-order valence-corrected chi connectivity index (χ3v) is 5.04. The van der Waals surface area contributed by atoms with E-state index in [0.29, 0.717) is 28.4 Å². The zero-order valence-corrected chi connectivity index (χ0v) is 16.6. The van der Waals surface area contributed by atoms with Gasteiger partial charge in [-0.05, 0) is 19.4 Å². The van der Waals surface area contributed by atoms with E-state index >= 15 is 0 Å². The highest BCUT2D eigenvalue weighted by Crippen LogP contribution is 2.46. The Hall–Kier alpha value is -2.57. The molecule has 28 heavy (non-hydrogen) atoms. The first-order valence-corrected chi connectivity index (χ1v) is 9.19. The second-order valence-corrected chi connectivity index (χ2v) is 7.48. The molecule has 1 aliphatic rings. The van der Waals surface area contributed by atoms with Crippen molar-refractivity contribution in [2.45, 2.75) is 44.5 Å². The van der Waals surface area contributed by atoms with E-state index in [0.717, 1.165) is 5.56 Å². The van der Waals surface area contributed by atoms with Crippen LogP contribution >= 0.6 is 0 Å². The van der Waals surface area contributed by atoms with E-state index in [1.165, 1.54) is 28.1 Å². The number of methoxy groups -OCH3 is 2. The Kier molecular flexibility index (Phi) is 5.63. The fourth-order valence-corrected chi connectivity index (χ4v) is 3.33. The minimum atomic E-state index is -1.32. The molecule has 0 unspecified atom stereocenters.